The van der Waals surface area contributed by atoms with Gasteiger partial charge < -0.3 is 24.6 Å². The first-order chi connectivity index (χ1) is 14.5. The van der Waals surface area contributed by atoms with E-state index >= 15 is 0 Å². The van der Waals surface area contributed by atoms with Gasteiger partial charge in [-0.15, -0.1) is 0 Å². The van der Waals surface area contributed by atoms with Gasteiger partial charge in [-0.3, -0.25) is 0 Å². The zero-order chi connectivity index (χ0) is 20.9. The number of rotatable bonds is 5. The Balaban J connectivity index is 1.34. The fourth-order valence-corrected chi connectivity index (χ4v) is 4.63. The molecule has 3 heterocycles. The van der Waals surface area contributed by atoms with Gasteiger partial charge in [0.2, 0.25) is 0 Å². The molecule has 2 saturated heterocycles. The van der Waals surface area contributed by atoms with Crippen molar-refractivity contribution in [2.24, 2.45) is 5.41 Å². The second kappa shape index (κ2) is 6.66. The molecule has 1 spiro atoms. The molecule has 7 heteroatoms. The van der Waals surface area contributed by atoms with Crippen LogP contribution in [0.1, 0.15) is 20.7 Å². The Labute approximate surface area is 173 Å². The van der Waals surface area contributed by atoms with Crippen LogP contribution in [-0.2, 0) is 0 Å². The normalized spacial score (nSPS) is 16.8. The van der Waals surface area contributed by atoms with Gasteiger partial charge in [0.15, 0.2) is 0 Å². The van der Waals surface area contributed by atoms with Gasteiger partial charge in [-0.1, -0.05) is 12.1 Å². The molecule has 0 unspecified atom stereocenters. The molecule has 2 aliphatic rings. The number of para-hydroxylation sites is 1. The van der Waals surface area contributed by atoms with E-state index in [-0.39, 0.29) is 11.0 Å². The highest BCUT2D eigenvalue weighted by molar-refractivity contribution is 5.95. The molecule has 7 nitrogen and oxygen atoms in total. The Hall–Kier alpha value is -3.74. The molecule has 1 aromatic heterocycles. The van der Waals surface area contributed by atoms with Gasteiger partial charge in [0.25, 0.3) is 0 Å². The number of nitrogens with zero attached hydrogens (tertiary/aromatic N) is 3. The first-order valence-electron chi connectivity index (χ1n) is 9.79. The lowest BCUT2D eigenvalue weighted by Crippen LogP contribution is -2.72. The molecule has 0 atom stereocenters. The number of carboxylic acid groups (broad SMARTS) is 2. The molecule has 2 aromatic carbocycles. The number of aromatic nitrogens is 1. The zero-order valence-electron chi connectivity index (χ0n) is 16.2. The molecule has 0 bridgehead atoms. The van der Waals surface area contributed by atoms with Gasteiger partial charge in [0.05, 0.1) is 22.5 Å². The fraction of sp³-hybridized carbons (Fsp3) is 0.217. The standard InChI is InChI=1S/C23H21N3O4/c27-21(28)16-5-3-6-17(11-16)25-12-23(13-25)14-26(15-23)19-8-4-7-18(22(29)30)20(19)24-9-1-2-10-24/h1-11H,12-15H2,(H,27,28)(H,29,30). The van der Waals surface area contributed by atoms with Gasteiger partial charge in [-0.05, 0) is 42.5 Å². The van der Waals surface area contributed by atoms with E-state index in [4.69, 9.17) is 0 Å². The summed E-state index contributed by atoms with van der Waals surface area (Å²) >= 11 is 0. The van der Waals surface area contributed by atoms with Gasteiger partial charge in [0, 0.05) is 49.7 Å². The molecule has 152 valence electrons. The summed E-state index contributed by atoms with van der Waals surface area (Å²) in [7, 11) is 0. The second-order valence-electron chi connectivity index (χ2n) is 8.14. The Morgan fingerprint density at radius 2 is 1.47 bits per heavy atom. The van der Waals surface area contributed by atoms with Crippen molar-refractivity contribution in [2.45, 2.75) is 0 Å². The molecule has 3 aromatic rings. The summed E-state index contributed by atoms with van der Waals surface area (Å²) in [4.78, 5) is 27.4. The topological polar surface area (TPSA) is 86.0 Å². The maximum Gasteiger partial charge on any atom is 0.337 e. The number of carboxylic acids is 2. The predicted molar refractivity (Wildman–Crippen MR) is 113 cm³/mol. The predicted octanol–water partition coefficient (Wildman–Crippen LogP) is 3.20. The number of carbonyl (C=O) groups is 2. The fourth-order valence-electron chi connectivity index (χ4n) is 4.63. The zero-order valence-corrected chi connectivity index (χ0v) is 16.2. The van der Waals surface area contributed by atoms with Crippen molar-refractivity contribution in [2.75, 3.05) is 36.0 Å². The SMILES string of the molecule is O=C(O)c1cccc(N2CC3(C2)CN(c2cccc(C(=O)O)c2-n2cccc2)C3)c1. The minimum Gasteiger partial charge on any atom is -0.478 e. The molecule has 0 amide bonds. The number of aromatic carboxylic acids is 2. The third-order valence-electron chi connectivity index (χ3n) is 6.01. The van der Waals surface area contributed by atoms with E-state index in [0.29, 0.717) is 11.3 Å². The first kappa shape index (κ1) is 18.3. The Kier molecular flexibility index (Phi) is 4.06. The lowest BCUT2D eigenvalue weighted by atomic mass is 9.72. The van der Waals surface area contributed by atoms with Crippen LogP contribution in [0.2, 0.25) is 0 Å². The highest BCUT2D eigenvalue weighted by atomic mass is 16.4. The largest absolute Gasteiger partial charge is 0.478 e. The number of hydrogen-bond donors (Lipinski definition) is 2. The van der Waals surface area contributed by atoms with Crippen LogP contribution in [-0.4, -0.2) is 52.9 Å². The third kappa shape index (κ3) is 2.90. The minimum atomic E-state index is -0.941. The third-order valence-corrected chi connectivity index (χ3v) is 6.01. The van der Waals surface area contributed by atoms with E-state index in [0.717, 1.165) is 37.6 Å². The Morgan fingerprint density at radius 3 is 2.13 bits per heavy atom. The van der Waals surface area contributed by atoms with Crippen molar-refractivity contribution in [3.63, 3.8) is 0 Å². The summed E-state index contributed by atoms with van der Waals surface area (Å²) in [6, 6.07) is 16.2. The van der Waals surface area contributed by atoms with Gasteiger partial charge >= 0.3 is 11.9 Å². The summed E-state index contributed by atoms with van der Waals surface area (Å²) in [5.41, 5.74) is 3.28. The highest BCUT2D eigenvalue weighted by Crippen LogP contribution is 2.45. The molecule has 2 N–H and O–H groups in total. The molecule has 5 rings (SSSR count). The van der Waals surface area contributed by atoms with Gasteiger partial charge in [-0.25, -0.2) is 9.59 Å². The second-order valence-corrected chi connectivity index (χ2v) is 8.14. The Bertz CT molecular complexity index is 1130. The number of anilines is 2. The van der Waals surface area contributed by atoms with Crippen molar-refractivity contribution >= 4 is 23.3 Å². The van der Waals surface area contributed by atoms with Crippen molar-refractivity contribution in [1.29, 1.82) is 0 Å². The lowest BCUT2D eigenvalue weighted by molar-refractivity contribution is 0.0686. The summed E-state index contributed by atoms with van der Waals surface area (Å²) in [5, 5.41) is 18.9. The summed E-state index contributed by atoms with van der Waals surface area (Å²) in [5.74, 6) is -1.86. The Morgan fingerprint density at radius 1 is 0.800 bits per heavy atom. The van der Waals surface area contributed by atoms with Crippen molar-refractivity contribution in [3.05, 3.63) is 78.1 Å². The molecule has 2 aliphatic heterocycles. The maximum atomic E-state index is 11.8. The summed E-state index contributed by atoms with van der Waals surface area (Å²) < 4.78 is 1.86. The summed E-state index contributed by atoms with van der Waals surface area (Å²) in [6.45, 7) is 3.42. The van der Waals surface area contributed by atoms with Crippen molar-refractivity contribution in [1.82, 2.24) is 4.57 Å². The van der Waals surface area contributed by atoms with Crippen LogP contribution in [0.25, 0.3) is 5.69 Å². The van der Waals surface area contributed by atoms with Crippen LogP contribution in [0.5, 0.6) is 0 Å². The molecular formula is C23H21N3O4. The average molecular weight is 403 g/mol. The van der Waals surface area contributed by atoms with Crippen molar-refractivity contribution < 1.29 is 19.8 Å². The maximum absolute atomic E-state index is 11.8. The van der Waals surface area contributed by atoms with Crippen LogP contribution in [0.15, 0.2) is 67.0 Å². The smallest absolute Gasteiger partial charge is 0.337 e. The minimum absolute atomic E-state index is 0.159. The van der Waals surface area contributed by atoms with Crippen LogP contribution < -0.4 is 9.80 Å². The van der Waals surface area contributed by atoms with E-state index in [9.17, 15) is 19.8 Å². The molecular weight excluding hydrogens is 382 g/mol. The summed E-state index contributed by atoms with van der Waals surface area (Å²) in [6.07, 6.45) is 3.72. The monoisotopic (exact) mass is 403 g/mol. The molecule has 0 saturated carbocycles. The number of hydrogen-bond acceptors (Lipinski definition) is 4. The molecule has 0 radical (unpaired) electrons. The average Bonchev–Trinajstić information content (AvgIpc) is 3.20. The van der Waals surface area contributed by atoms with E-state index in [1.807, 2.05) is 41.2 Å². The molecule has 30 heavy (non-hydrogen) atoms. The van der Waals surface area contributed by atoms with E-state index in [1.165, 1.54) is 0 Å². The van der Waals surface area contributed by atoms with Gasteiger partial charge in [0.1, 0.15) is 0 Å². The van der Waals surface area contributed by atoms with Gasteiger partial charge in [-0.2, -0.15) is 0 Å². The lowest BCUT2D eigenvalue weighted by Gasteiger charge is -2.62. The van der Waals surface area contributed by atoms with E-state index < -0.39 is 11.9 Å². The quantitative estimate of drug-likeness (QED) is 0.681. The van der Waals surface area contributed by atoms with E-state index in [1.54, 1.807) is 30.3 Å². The van der Waals surface area contributed by atoms with Crippen molar-refractivity contribution in [3.8, 4) is 5.69 Å². The number of benzene rings is 2. The highest BCUT2D eigenvalue weighted by Gasteiger charge is 2.52. The van der Waals surface area contributed by atoms with Crippen LogP contribution in [0.4, 0.5) is 11.4 Å². The van der Waals surface area contributed by atoms with E-state index in [2.05, 4.69) is 9.80 Å². The molecule has 2 fully saturated rings. The first-order valence-corrected chi connectivity index (χ1v) is 9.79. The van der Waals surface area contributed by atoms with Crippen LogP contribution in [0, 0.1) is 5.41 Å². The van der Waals surface area contributed by atoms with Crippen LogP contribution >= 0.6 is 0 Å². The van der Waals surface area contributed by atoms with Crippen LogP contribution in [0.3, 0.4) is 0 Å². The molecule has 0 aliphatic carbocycles.